The number of rotatable bonds is 5. The third kappa shape index (κ3) is 4.41. The Bertz CT molecular complexity index is 662. The molecule has 0 radical (unpaired) electrons. The van der Waals surface area contributed by atoms with E-state index in [0.717, 1.165) is 43.2 Å². The van der Waals surface area contributed by atoms with Gasteiger partial charge in [-0.2, -0.15) is 0 Å². The molecule has 1 saturated heterocycles. The van der Waals surface area contributed by atoms with Crippen LogP contribution in [0.3, 0.4) is 0 Å². The number of hydrogen-bond donors (Lipinski definition) is 0. The van der Waals surface area contributed by atoms with Crippen LogP contribution in [0.2, 0.25) is 0 Å². The number of nitrogens with zero attached hydrogens (tertiary/aromatic N) is 2. The van der Waals surface area contributed by atoms with Gasteiger partial charge in [-0.05, 0) is 23.6 Å². The Kier molecular flexibility index (Phi) is 5.98. The van der Waals surface area contributed by atoms with Crippen LogP contribution in [0.25, 0.3) is 0 Å². The topological polar surface area (TPSA) is 23.6 Å². The minimum atomic E-state index is 0.175. The van der Waals surface area contributed by atoms with Crippen LogP contribution in [0.5, 0.6) is 0 Å². The van der Waals surface area contributed by atoms with Crippen molar-refractivity contribution in [3.8, 4) is 0 Å². The molecule has 2 heterocycles. The molecule has 24 heavy (non-hydrogen) atoms. The Morgan fingerprint density at radius 1 is 1.12 bits per heavy atom. The summed E-state index contributed by atoms with van der Waals surface area (Å²) < 4.78 is 0. The smallest absolute Gasteiger partial charge is 0.255 e. The molecule has 128 valence electrons. The molecule has 0 spiro atoms. The maximum absolute atomic E-state index is 12.9. The number of amides is 1. The predicted molar refractivity (Wildman–Crippen MR) is 103 cm³/mol. The number of benzene rings is 1. The molecule has 5 heteroatoms. The summed E-state index contributed by atoms with van der Waals surface area (Å²) in [6, 6.07) is 12.3. The van der Waals surface area contributed by atoms with Crippen LogP contribution in [-0.4, -0.2) is 47.1 Å². The van der Waals surface area contributed by atoms with E-state index in [-0.39, 0.29) is 5.91 Å². The summed E-state index contributed by atoms with van der Waals surface area (Å²) in [5, 5.41) is 2.60. The van der Waals surface area contributed by atoms with E-state index in [1.165, 1.54) is 4.88 Å². The largest absolute Gasteiger partial charge is 0.336 e. The third-order valence-electron chi connectivity index (χ3n) is 4.10. The van der Waals surface area contributed by atoms with Crippen molar-refractivity contribution >= 4 is 29.0 Å². The molecular weight excluding hydrogens is 336 g/mol. The highest BCUT2D eigenvalue weighted by atomic mass is 32.2. The Hall–Kier alpha value is -1.30. The first kappa shape index (κ1) is 17.5. The zero-order valence-electron chi connectivity index (χ0n) is 14.3. The molecule has 0 bridgehead atoms. The normalized spacial score (nSPS) is 15.9. The van der Waals surface area contributed by atoms with Crippen molar-refractivity contribution in [1.29, 1.82) is 0 Å². The van der Waals surface area contributed by atoms with Crippen molar-refractivity contribution in [3.63, 3.8) is 0 Å². The van der Waals surface area contributed by atoms with E-state index in [9.17, 15) is 4.79 Å². The summed E-state index contributed by atoms with van der Waals surface area (Å²) in [6.07, 6.45) is 0. The summed E-state index contributed by atoms with van der Waals surface area (Å²) in [5.74, 6) is 0.175. The average Bonchev–Trinajstić information content (AvgIpc) is 3.08. The minimum absolute atomic E-state index is 0.175. The van der Waals surface area contributed by atoms with Gasteiger partial charge in [0, 0.05) is 47.7 Å². The highest BCUT2D eigenvalue weighted by Gasteiger charge is 2.24. The zero-order chi connectivity index (χ0) is 16.9. The molecular formula is C19H24N2OS2. The van der Waals surface area contributed by atoms with Gasteiger partial charge in [-0.15, -0.1) is 23.1 Å². The van der Waals surface area contributed by atoms with Crippen LogP contribution in [0.1, 0.15) is 29.1 Å². The number of piperazine rings is 1. The second-order valence-corrected chi connectivity index (χ2v) is 8.96. The molecule has 0 saturated carbocycles. The average molecular weight is 361 g/mol. The molecule has 1 fully saturated rings. The van der Waals surface area contributed by atoms with Gasteiger partial charge in [-0.3, -0.25) is 9.69 Å². The molecule has 1 aliphatic rings. The lowest BCUT2D eigenvalue weighted by molar-refractivity contribution is 0.0626. The van der Waals surface area contributed by atoms with E-state index in [4.69, 9.17) is 0 Å². The lowest BCUT2D eigenvalue weighted by Crippen LogP contribution is -2.48. The van der Waals surface area contributed by atoms with Crippen LogP contribution in [0.15, 0.2) is 46.7 Å². The summed E-state index contributed by atoms with van der Waals surface area (Å²) in [4.78, 5) is 19.9. The Labute approximate surface area is 152 Å². The SMILES string of the molecule is CC(C)Sc1ccccc1C(=O)N1CCN(Cc2cccs2)CC1. The molecule has 1 aromatic heterocycles. The van der Waals surface area contributed by atoms with Gasteiger partial charge in [0.05, 0.1) is 5.56 Å². The number of hydrogen-bond acceptors (Lipinski definition) is 4. The number of carbonyl (C=O) groups excluding carboxylic acids is 1. The number of thioether (sulfide) groups is 1. The van der Waals surface area contributed by atoms with Crippen molar-refractivity contribution in [2.75, 3.05) is 26.2 Å². The molecule has 3 rings (SSSR count). The second-order valence-electron chi connectivity index (χ2n) is 6.31. The Balaban J connectivity index is 1.61. The Morgan fingerprint density at radius 3 is 2.54 bits per heavy atom. The fourth-order valence-corrected chi connectivity index (χ4v) is 4.60. The van der Waals surface area contributed by atoms with E-state index in [2.05, 4.69) is 42.3 Å². The Morgan fingerprint density at radius 2 is 1.88 bits per heavy atom. The van der Waals surface area contributed by atoms with Gasteiger partial charge in [-0.1, -0.05) is 32.0 Å². The van der Waals surface area contributed by atoms with E-state index >= 15 is 0 Å². The number of thiophene rings is 1. The van der Waals surface area contributed by atoms with Crippen molar-refractivity contribution < 1.29 is 4.79 Å². The summed E-state index contributed by atoms with van der Waals surface area (Å²) >= 11 is 3.57. The maximum Gasteiger partial charge on any atom is 0.255 e. The van der Waals surface area contributed by atoms with Gasteiger partial charge in [-0.25, -0.2) is 0 Å². The van der Waals surface area contributed by atoms with Crippen LogP contribution >= 0.6 is 23.1 Å². The van der Waals surface area contributed by atoms with Gasteiger partial charge in [0.15, 0.2) is 0 Å². The van der Waals surface area contributed by atoms with Gasteiger partial charge in [0.25, 0.3) is 5.91 Å². The molecule has 0 unspecified atom stereocenters. The van der Waals surface area contributed by atoms with Crippen LogP contribution in [0, 0.1) is 0 Å². The van der Waals surface area contributed by atoms with Crippen LogP contribution in [-0.2, 0) is 6.54 Å². The van der Waals surface area contributed by atoms with E-state index < -0.39 is 0 Å². The lowest BCUT2D eigenvalue weighted by atomic mass is 10.2. The first-order chi connectivity index (χ1) is 11.6. The highest BCUT2D eigenvalue weighted by Crippen LogP contribution is 2.27. The standard InChI is InChI=1S/C19H24N2OS2/c1-15(2)24-18-8-4-3-7-17(18)19(22)21-11-9-20(10-12-21)14-16-6-5-13-23-16/h3-8,13,15H,9-12,14H2,1-2H3. The third-order valence-corrected chi connectivity index (χ3v) is 6.04. The fraction of sp³-hybridized carbons (Fsp3) is 0.421. The summed E-state index contributed by atoms with van der Waals surface area (Å²) in [6.45, 7) is 8.84. The molecule has 1 aliphatic heterocycles. The molecule has 0 N–H and O–H groups in total. The fourth-order valence-electron chi connectivity index (χ4n) is 2.90. The molecule has 0 aliphatic carbocycles. The monoisotopic (exact) mass is 360 g/mol. The molecule has 3 nitrogen and oxygen atoms in total. The molecule has 1 aromatic carbocycles. The quantitative estimate of drug-likeness (QED) is 0.747. The van der Waals surface area contributed by atoms with Gasteiger partial charge < -0.3 is 4.90 Å². The number of carbonyl (C=O) groups is 1. The van der Waals surface area contributed by atoms with E-state index in [1.807, 2.05) is 23.1 Å². The van der Waals surface area contributed by atoms with E-state index in [0.29, 0.717) is 5.25 Å². The first-order valence-electron chi connectivity index (χ1n) is 8.43. The molecule has 2 aromatic rings. The van der Waals surface area contributed by atoms with Crippen molar-refractivity contribution in [1.82, 2.24) is 9.80 Å². The first-order valence-corrected chi connectivity index (χ1v) is 10.2. The van der Waals surface area contributed by atoms with Crippen LogP contribution < -0.4 is 0 Å². The summed E-state index contributed by atoms with van der Waals surface area (Å²) in [7, 11) is 0. The highest BCUT2D eigenvalue weighted by molar-refractivity contribution is 8.00. The van der Waals surface area contributed by atoms with Crippen LogP contribution in [0.4, 0.5) is 0 Å². The molecule has 0 atom stereocenters. The van der Waals surface area contributed by atoms with Gasteiger partial charge >= 0.3 is 0 Å². The summed E-state index contributed by atoms with van der Waals surface area (Å²) in [5.41, 5.74) is 0.850. The maximum atomic E-state index is 12.9. The molecule has 1 amide bonds. The van der Waals surface area contributed by atoms with E-state index in [1.54, 1.807) is 23.1 Å². The van der Waals surface area contributed by atoms with Gasteiger partial charge in [0.1, 0.15) is 0 Å². The van der Waals surface area contributed by atoms with Gasteiger partial charge in [0.2, 0.25) is 0 Å². The predicted octanol–water partition coefficient (Wildman–Crippen LogP) is 4.21. The lowest BCUT2D eigenvalue weighted by Gasteiger charge is -2.34. The van der Waals surface area contributed by atoms with Crippen molar-refractivity contribution in [2.45, 2.75) is 30.5 Å². The van der Waals surface area contributed by atoms with Crippen molar-refractivity contribution in [2.24, 2.45) is 0 Å². The second kappa shape index (κ2) is 8.19. The zero-order valence-corrected chi connectivity index (χ0v) is 15.9. The minimum Gasteiger partial charge on any atom is -0.336 e. The van der Waals surface area contributed by atoms with Crippen molar-refractivity contribution in [3.05, 3.63) is 52.2 Å².